The van der Waals surface area contributed by atoms with Gasteiger partial charge in [-0.15, -0.1) is 0 Å². The molecule has 0 fully saturated rings. The van der Waals surface area contributed by atoms with Crippen molar-refractivity contribution in [3.05, 3.63) is 72.8 Å². The average molecular weight is 518 g/mol. The molecule has 35 heavy (non-hydrogen) atoms. The number of amides is 1. The lowest BCUT2D eigenvalue weighted by Crippen LogP contribution is -2.25. The van der Waals surface area contributed by atoms with E-state index >= 15 is 0 Å². The zero-order chi connectivity index (χ0) is 25.6. The Hall–Kier alpha value is -3.57. The van der Waals surface area contributed by atoms with E-state index in [1.54, 1.807) is 55.5 Å². The molecular formula is C24H27N3O6S2. The summed E-state index contributed by atoms with van der Waals surface area (Å²) in [6, 6.07) is 19.0. The number of sulfonamides is 1. The highest BCUT2D eigenvalue weighted by molar-refractivity contribution is 7.92. The number of nitrogens with one attached hydrogen (secondary N) is 2. The molecular weight excluding hydrogens is 490 g/mol. The van der Waals surface area contributed by atoms with Gasteiger partial charge in [-0.1, -0.05) is 24.3 Å². The van der Waals surface area contributed by atoms with E-state index in [9.17, 15) is 21.6 Å². The summed E-state index contributed by atoms with van der Waals surface area (Å²) in [6.45, 7) is 1.94. The lowest BCUT2D eigenvalue weighted by atomic mass is 10.2. The van der Waals surface area contributed by atoms with E-state index in [1.807, 2.05) is 0 Å². The number of hydrogen-bond donors (Lipinski definition) is 2. The fourth-order valence-electron chi connectivity index (χ4n) is 3.21. The van der Waals surface area contributed by atoms with E-state index in [1.165, 1.54) is 31.3 Å². The second-order valence-corrected chi connectivity index (χ2v) is 11.5. The number of sulfone groups is 1. The molecule has 0 aliphatic carbocycles. The van der Waals surface area contributed by atoms with Crippen molar-refractivity contribution >= 4 is 42.8 Å². The van der Waals surface area contributed by atoms with Gasteiger partial charge in [-0.2, -0.15) is 0 Å². The molecule has 0 spiro atoms. The number of carbonyl (C=O) groups is 1. The van der Waals surface area contributed by atoms with Crippen molar-refractivity contribution in [3.63, 3.8) is 0 Å². The van der Waals surface area contributed by atoms with Gasteiger partial charge in [0.2, 0.25) is 25.8 Å². The number of carbonyl (C=O) groups excluding carboxylic acids is 1. The van der Waals surface area contributed by atoms with Crippen molar-refractivity contribution in [2.75, 3.05) is 41.4 Å². The first-order valence-corrected chi connectivity index (χ1v) is 14.0. The molecule has 0 radical (unpaired) electrons. The molecule has 2 N–H and O–H groups in total. The number of ether oxygens (including phenoxy) is 1. The number of rotatable bonds is 10. The number of hydrogen-bond acceptors (Lipinski definition) is 7. The van der Waals surface area contributed by atoms with Crippen LogP contribution in [0.2, 0.25) is 0 Å². The lowest BCUT2D eigenvalue weighted by molar-refractivity contribution is -0.114. The summed E-state index contributed by atoms with van der Waals surface area (Å²) in [5, 5.41) is 5.57. The molecule has 0 aliphatic rings. The summed E-state index contributed by atoms with van der Waals surface area (Å²) in [5.74, 6) is -0.0510. The quantitative estimate of drug-likeness (QED) is 0.423. The predicted octanol–water partition coefficient (Wildman–Crippen LogP) is 3.36. The van der Waals surface area contributed by atoms with Crippen LogP contribution in [0.5, 0.6) is 5.75 Å². The molecule has 0 saturated carbocycles. The maximum Gasteiger partial charge on any atom is 0.243 e. The Balaban J connectivity index is 1.81. The van der Waals surface area contributed by atoms with Gasteiger partial charge in [-0.3, -0.25) is 9.10 Å². The van der Waals surface area contributed by atoms with Crippen molar-refractivity contribution in [2.24, 2.45) is 0 Å². The summed E-state index contributed by atoms with van der Waals surface area (Å²) in [5.41, 5.74) is 1.03. The van der Waals surface area contributed by atoms with Crippen LogP contribution in [-0.2, 0) is 24.7 Å². The van der Waals surface area contributed by atoms with Gasteiger partial charge in [-0.05, 0) is 49.4 Å². The van der Waals surface area contributed by atoms with Gasteiger partial charge in [0.15, 0.2) is 0 Å². The van der Waals surface area contributed by atoms with E-state index in [4.69, 9.17) is 4.74 Å². The molecule has 3 aromatic rings. The second kappa shape index (κ2) is 10.8. The van der Waals surface area contributed by atoms with Crippen molar-refractivity contribution in [1.82, 2.24) is 0 Å². The molecule has 0 aliphatic heterocycles. The van der Waals surface area contributed by atoms with Gasteiger partial charge < -0.3 is 15.4 Å². The van der Waals surface area contributed by atoms with Gasteiger partial charge in [0.25, 0.3) is 0 Å². The third kappa shape index (κ3) is 6.52. The lowest BCUT2D eigenvalue weighted by Gasteiger charge is -2.18. The third-order valence-corrected chi connectivity index (χ3v) is 8.05. The maximum atomic E-state index is 13.3. The van der Waals surface area contributed by atoms with Crippen LogP contribution in [0.15, 0.2) is 82.6 Å². The van der Waals surface area contributed by atoms with E-state index in [2.05, 4.69) is 10.6 Å². The first-order valence-electron chi connectivity index (χ1n) is 10.7. The van der Waals surface area contributed by atoms with Gasteiger partial charge >= 0.3 is 0 Å². The smallest absolute Gasteiger partial charge is 0.243 e. The largest absolute Gasteiger partial charge is 0.494 e. The van der Waals surface area contributed by atoms with Crippen LogP contribution in [-0.4, -0.2) is 49.2 Å². The molecule has 3 aromatic carbocycles. The number of benzene rings is 3. The van der Waals surface area contributed by atoms with Gasteiger partial charge in [0.1, 0.15) is 5.75 Å². The molecule has 9 nitrogen and oxygen atoms in total. The molecule has 3 rings (SSSR count). The van der Waals surface area contributed by atoms with E-state index in [-0.39, 0.29) is 22.0 Å². The summed E-state index contributed by atoms with van der Waals surface area (Å²) < 4.78 is 56.7. The number of anilines is 3. The van der Waals surface area contributed by atoms with Crippen molar-refractivity contribution in [1.29, 1.82) is 0 Å². The maximum absolute atomic E-state index is 13.3. The minimum Gasteiger partial charge on any atom is -0.494 e. The highest BCUT2D eigenvalue weighted by Crippen LogP contribution is 2.31. The second-order valence-electron chi connectivity index (χ2n) is 7.59. The van der Waals surface area contributed by atoms with Gasteiger partial charge in [-0.25, -0.2) is 16.8 Å². The minimum atomic E-state index is -3.88. The Morgan fingerprint density at radius 2 is 1.66 bits per heavy atom. The highest BCUT2D eigenvalue weighted by Gasteiger charge is 2.22. The standard InChI is InChI=1S/C24H27N3O6S2/c1-4-33-20-13-14-22(23(16-20)35(31,32)21-11-6-5-7-12-21)25-17-24(28)26-18-9-8-10-19(15-18)27(2)34(3,29)30/h5-16,25H,4,17H2,1-3H3,(H,26,28). The van der Waals surface area contributed by atoms with Crippen molar-refractivity contribution in [3.8, 4) is 5.75 Å². The van der Waals surface area contributed by atoms with Crippen LogP contribution in [0, 0.1) is 0 Å². The van der Waals surface area contributed by atoms with Crippen LogP contribution in [0.3, 0.4) is 0 Å². The van der Waals surface area contributed by atoms with E-state index < -0.39 is 25.8 Å². The molecule has 186 valence electrons. The zero-order valence-electron chi connectivity index (χ0n) is 19.6. The Bertz CT molecular complexity index is 1410. The summed E-state index contributed by atoms with van der Waals surface area (Å²) in [6.07, 6.45) is 1.08. The summed E-state index contributed by atoms with van der Waals surface area (Å²) in [7, 11) is -5.92. The van der Waals surface area contributed by atoms with E-state index in [0.717, 1.165) is 10.6 Å². The first kappa shape index (κ1) is 26.0. The Labute approximate surface area is 205 Å². The average Bonchev–Trinajstić information content (AvgIpc) is 2.83. The SMILES string of the molecule is CCOc1ccc(NCC(=O)Nc2cccc(N(C)S(C)(=O)=O)c2)c(S(=O)(=O)c2ccccc2)c1. The Morgan fingerprint density at radius 1 is 0.943 bits per heavy atom. The van der Waals surface area contributed by atoms with Crippen LogP contribution in [0.4, 0.5) is 17.1 Å². The summed E-state index contributed by atoms with van der Waals surface area (Å²) in [4.78, 5) is 12.7. The minimum absolute atomic E-state index is 0.0146. The fraction of sp³-hybridized carbons (Fsp3) is 0.208. The highest BCUT2D eigenvalue weighted by atomic mass is 32.2. The molecule has 0 bridgehead atoms. The van der Waals surface area contributed by atoms with Crippen LogP contribution in [0.25, 0.3) is 0 Å². The topological polar surface area (TPSA) is 122 Å². The Morgan fingerprint density at radius 3 is 2.31 bits per heavy atom. The van der Waals surface area contributed by atoms with Crippen molar-refractivity contribution in [2.45, 2.75) is 16.7 Å². The van der Waals surface area contributed by atoms with E-state index in [0.29, 0.717) is 23.7 Å². The Kier molecular flexibility index (Phi) is 8.03. The molecule has 0 atom stereocenters. The third-order valence-electron chi connectivity index (χ3n) is 5.04. The van der Waals surface area contributed by atoms with Crippen LogP contribution >= 0.6 is 0 Å². The zero-order valence-corrected chi connectivity index (χ0v) is 21.2. The molecule has 0 aromatic heterocycles. The molecule has 0 unspecified atom stereocenters. The van der Waals surface area contributed by atoms with Crippen molar-refractivity contribution < 1.29 is 26.4 Å². The fourth-order valence-corrected chi connectivity index (χ4v) is 5.17. The first-order chi connectivity index (χ1) is 16.5. The molecule has 11 heteroatoms. The molecule has 0 heterocycles. The van der Waals surface area contributed by atoms with Gasteiger partial charge in [0.05, 0.1) is 40.6 Å². The van der Waals surface area contributed by atoms with Gasteiger partial charge in [0, 0.05) is 18.8 Å². The molecule has 0 saturated heterocycles. The van der Waals surface area contributed by atoms with Crippen LogP contribution in [0.1, 0.15) is 6.92 Å². The number of nitrogens with zero attached hydrogens (tertiary/aromatic N) is 1. The monoisotopic (exact) mass is 517 g/mol. The van der Waals surface area contributed by atoms with Crippen LogP contribution < -0.4 is 19.7 Å². The molecule has 1 amide bonds. The predicted molar refractivity (Wildman–Crippen MR) is 136 cm³/mol. The normalized spacial score (nSPS) is 11.5. The summed E-state index contributed by atoms with van der Waals surface area (Å²) >= 11 is 0.